The first-order valence-electron chi connectivity index (χ1n) is 8.49. The molecular formula is C16H19F3N4O4S. The Morgan fingerprint density at radius 1 is 1.32 bits per heavy atom. The van der Waals surface area contributed by atoms with Gasteiger partial charge < -0.3 is 14.6 Å². The van der Waals surface area contributed by atoms with E-state index in [9.17, 15) is 21.6 Å². The molecule has 8 nitrogen and oxygen atoms in total. The highest BCUT2D eigenvalue weighted by Crippen LogP contribution is 2.30. The number of anilines is 1. The molecule has 0 saturated carbocycles. The average molecular weight is 420 g/mol. The highest BCUT2D eigenvalue weighted by atomic mass is 32.2. The summed E-state index contributed by atoms with van der Waals surface area (Å²) < 4.78 is 71.4. The van der Waals surface area contributed by atoms with E-state index in [0.717, 1.165) is 0 Å². The van der Waals surface area contributed by atoms with Crippen LogP contribution in [0.5, 0.6) is 5.75 Å². The Hall–Kier alpha value is -2.34. The Bertz CT molecular complexity index is 909. The molecule has 0 radical (unpaired) electrons. The molecule has 0 spiro atoms. The third kappa shape index (κ3) is 4.38. The fourth-order valence-corrected chi connectivity index (χ4v) is 3.89. The monoisotopic (exact) mass is 420 g/mol. The lowest BCUT2D eigenvalue weighted by Gasteiger charge is -2.31. The average Bonchev–Trinajstić information content (AvgIpc) is 3.15. The van der Waals surface area contributed by atoms with Crippen molar-refractivity contribution in [1.29, 1.82) is 0 Å². The van der Waals surface area contributed by atoms with Crippen LogP contribution in [0.1, 0.15) is 12.8 Å². The minimum absolute atomic E-state index is 0.00754. The second-order valence-corrected chi connectivity index (χ2v) is 8.26. The first-order valence-corrected chi connectivity index (χ1v) is 9.93. The third-order valence-corrected chi connectivity index (χ3v) is 6.13. The summed E-state index contributed by atoms with van der Waals surface area (Å²) in [6.45, 7) is 0.0415. The van der Waals surface area contributed by atoms with Crippen molar-refractivity contribution < 1.29 is 30.8 Å². The predicted molar refractivity (Wildman–Crippen MR) is 94.0 cm³/mol. The molecule has 0 aliphatic carbocycles. The number of rotatable bonds is 6. The van der Waals surface area contributed by atoms with Gasteiger partial charge >= 0.3 is 21.5 Å². The summed E-state index contributed by atoms with van der Waals surface area (Å²) in [5.41, 5.74) is -4.56. The van der Waals surface area contributed by atoms with Gasteiger partial charge in [0.2, 0.25) is 5.82 Å². The van der Waals surface area contributed by atoms with E-state index >= 15 is 0 Å². The molecule has 1 aromatic heterocycles. The summed E-state index contributed by atoms with van der Waals surface area (Å²) in [6.07, 6.45) is 0.610. The van der Waals surface area contributed by atoms with Crippen LogP contribution in [-0.4, -0.2) is 55.1 Å². The summed E-state index contributed by atoms with van der Waals surface area (Å²) in [7, 11) is -3.71. The highest BCUT2D eigenvalue weighted by Gasteiger charge is 2.50. The number of aromatic nitrogens is 2. The maximum absolute atomic E-state index is 12.6. The third-order valence-electron chi connectivity index (χ3n) is 4.50. The van der Waals surface area contributed by atoms with Gasteiger partial charge in [0.05, 0.1) is 7.11 Å². The Balaban J connectivity index is 1.53. The maximum atomic E-state index is 12.6. The number of ether oxygens (including phenoxy) is 1. The number of benzene rings is 1. The van der Waals surface area contributed by atoms with E-state index in [1.165, 1.54) is 0 Å². The van der Waals surface area contributed by atoms with Crippen LogP contribution in [0.2, 0.25) is 0 Å². The van der Waals surface area contributed by atoms with Crippen LogP contribution < -0.4 is 10.1 Å². The van der Waals surface area contributed by atoms with E-state index < -0.39 is 15.5 Å². The van der Waals surface area contributed by atoms with Gasteiger partial charge in [-0.1, -0.05) is 17.3 Å². The molecule has 1 aromatic carbocycles. The minimum atomic E-state index is -5.27. The van der Waals surface area contributed by atoms with Crippen molar-refractivity contribution in [3.63, 3.8) is 0 Å². The Labute approximate surface area is 159 Å². The van der Waals surface area contributed by atoms with Crippen molar-refractivity contribution in [3.05, 3.63) is 24.3 Å². The second kappa shape index (κ2) is 7.95. The molecule has 2 aromatic rings. The first-order chi connectivity index (χ1) is 13.2. The largest absolute Gasteiger partial charge is 0.511 e. The summed E-state index contributed by atoms with van der Waals surface area (Å²) in [4.78, 5) is 4.23. The summed E-state index contributed by atoms with van der Waals surface area (Å²) in [5, 5.41) is 6.84. The second-order valence-electron chi connectivity index (χ2n) is 6.33. The van der Waals surface area contributed by atoms with Crippen LogP contribution >= 0.6 is 0 Å². The lowest BCUT2D eigenvalue weighted by atomic mass is 9.98. The fraction of sp³-hybridized carbons (Fsp3) is 0.500. The van der Waals surface area contributed by atoms with Crippen molar-refractivity contribution in [1.82, 2.24) is 14.4 Å². The molecule has 12 heteroatoms. The van der Waals surface area contributed by atoms with Gasteiger partial charge in [0, 0.05) is 25.2 Å². The summed E-state index contributed by atoms with van der Waals surface area (Å²) in [5.74, 6) is 1.01. The number of methoxy groups -OCH3 is 1. The number of nitrogens with one attached hydrogen (secondary N) is 1. The molecule has 0 bridgehead atoms. The van der Waals surface area contributed by atoms with Crippen molar-refractivity contribution >= 4 is 16.0 Å². The number of sulfonamides is 1. The van der Waals surface area contributed by atoms with E-state index in [1.807, 2.05) is 0 Å². The van der Waals surface area contributed by atoms with Crippen LogP contribution in [0.4, 0.5) is 19.2 Å². The zero-order valence-corrected chi connectivity index (χ0v) is 15.8. The van der Waals surface area contributed by atoms with Gasteiger partial charge in [-0.05, 0) is 30.9 Å². The lowest BCUT2D eigenvalue weighted by molar-refractivity contribution is -0.0496. The predicted octanol–water partition coefficient (Wildman–Crippen LogP) is 2.72. The standard InChI is InChI=1S/C16H19F3N4O4S/c1-26-13-4-2-3-12(9-13)14-21-15(27-22-14)20-10-11-5-7-23(8-6-11)28(24,25)16(17,18)19/h2-4,9,11H,5-8,10H2,1H3,(H,20,21,22). The molecule has 1 N–H and O–H groups in total. The van der Waals surface area contributed by atoms with Crippen molar-refractivity contribution in [2.45, 2.75) is 18.3 Å². The number of alkyl halides is 3. The molecule has 1 saturated heterocycles. The molecule has 2 heterocycles. The van der Waals surface area contributed by atoms with Gasteiger partial charge in [0.1, 0.15) is 5.75 Å². The van der Waals surface area contributed by atoms with Crippen LogP contribution in [-0.2, 0) is 10.0 Å². The first kappa shape index (κ1) is 20.4. The molecule has 1 aliphatic rings. The van der Waals surface area contributed by atoms with E-state index in [2.05, 4.69) is 15.5 Å². The maximum Gasteiger partial charge on any atom is 0.511 e. The van der Waals surface area contributed by atoms with E-state index in [-0.39, 0.29) is 25.0 Å². The molecular weight excluding hydrogens is 401 g/mol. The Kier molecular flexibility index (Phi) is 5.79. The molecule has 0 atom stereocenters. The van der Waals surface area contributed by atoms with Crippen molar-refractivity contribution in [2.24, 2.45) is 5.92 Å². The van der Waals surface area contributed by atoms with Crippen molar-refractivity contribution in [3.8, 4) is 17.1 Å². The molecule has 0 amide bonds. The van der Waals surface area contributed by atoms with Gasteiger partial charge in [-0.2, -0.15) is 22.5 Å². The molecule has 28 heavy (non-hydrogen) atoms. The van der Waals surface area contributed by atoms with Gasteiger partial charge in [-0.25, -0.2) is 8.42 Å². The van der Waals surface area contributed by atoms with Gasteiger partial charge in [-0.3, -0.25) is 0 Å². The number of nitrogens with zero attached hydrogens (tertiary/aromatic N) is 3. The van der Waals surface area contributed by atoms with Crippen LogP contribution in [0.15, 0.2) is 28.8 Å². The lowest BCUT2D eigenvalue weighted by Crippen LogP contribution is -2.45. The highest BCUT2D eigenvalue weighted by molar-refractivity contribution is 7.90. The SMILES string of the molecule is COc1cccc(-c2noc(NCC3CCN(S(=O)(=O)C(F)(F)F)CC3)n2)c1. The minimum Gasteiger partial charge on any atom is -0.497 e. The van der Waals surface area contributed by atoms with E-state index in [1.54, 1.807) is 31.4 Å². The van der Waals surface area contributed by atoms with Crippen LogP contribution in [0.25, 0.3) is 11.4 Å². The van der Waals surface area contributed by atoms with Crippen molar-refractivity contribution in [2.75, 3.05) is 32.1 Å². The van der Waals surface area contributed by atoms with E-state index in [4.69, 9.17) is 9.26 Å². The number of halogens is 3. The van der Waals surface area contributed by atoms with E-state index in [0.29, 0.717) is 40.8 Å². The molecule has 154 valence electrons. The number of hydrogen-bond acceptors (Lipinski definition) is 7. The van der Waals surface area contributed by atoms with Crippen LogP contribution in [0.3, 0.4) is 0 Å². The fourth-order valence-electron chi connectivity index (χ4n) is 2.91. The number of piperidine rings is 1. The summed E-state index contributed by atoms with van der Waals surface area (Å²) >= 11 is 0. The normalized spacial score (nSPS) is 16.9. The van der Waals surface area contributed by atoms with Gasteiger partial charge in [0.25, 0.3) is 0 Å². The topological polar surface area (TPSA) is 97.6 Å². The van der Waals surface area contributed by atoms with Crippen LogP contribution in [0, 0.1) is 5.92 Å². The van der Waals surface area contributed by atoms with Gasteiger partial charge in [-0.15, -0.1) is 0 Å². The molecule has 1 aliphatic heterocycles. The smallest absolute Gasteiger partial charge is 0.497 e. The molecule has 0 unspecified atom stereocenters. The Morgan fingerprint density at radius 3 is 2.68 bits per heavy atom. The summed E-state index contributed by atoms with van der Waals surface area (Å²) in [6, 6.07) is 7.32. The molecule has 1 fully saturated rings. The quantitative estimate of drug-likeness (QED) is 0.767. The Morgan fingerprint density at radius 2 is 2.04 bits per heavy atom. The zero-order valence-electron chi connectivity index (χ0n) is 14.9. The molecule has 3 rings (SSSR count). The van der Waals surface area contributed by atoms with Gasteiger partial charge in [0.15, 0.2) is 0 Å². The zero-order chi connectivity index (χ0) is 20.4. The number of hydrogen-bond donors (Lipinski definition) is 1.